The summed E-state index contributed by atoms with van der Waals surface area (Å²) < 4.78 is 0. The van der Waals surface area contributed by atoms with Crippen LogP contribution in [0.4, 0.5) is 11.5 Å². The fraction of sp³-hybridized carbons (Fsp3) is 0.250. The van der Waals surface area contributed by atoms with Gasteiger partial charge < -0.3 is 10.4 Å². The van der Waals surface area contributed by atoms with E-state index in [1.807, 2.05) is 13.8 Å². The highest BCUT2D eigenvalue weighted by Crippen LogP contribution is 2.32. The number of thiophene rings is 1. The van der Waals surface area contributed by atoms with Crippen LogP contribution in [0.1, 0.15) is 22.1 Å². The summed E-state index contributed by atoms with van der Waals surface area (Å²) in [7, 11) is 0. The number of fused-ring (bicyclic) bond motifs is 1. The molecule has 0 aliphatic rings. The summed E-state index contributed by atoms with van der Waals surface area (Å²) in [5, 5.41) is 25.1. The average molecular weight is 344 g/mol. The molecule has 0 bridgehead atoms. The summed E-state index contributed by atoms with van der Waals surface area (Å²) in [6.07, 6.45) is 0.703. The van der Waals surface area contributed by atoms with E-state index in [1.54, 1.807) is 23.5 Å². The lowest BCUT2D eigenvalue weighted by molar-refractivity contribution is -0.384. The molecule has 0 aliphatic carbocycles. The van der Waals surface area contributed by atoms with Crippen molar-refractivity contribution < 1.29 is 10.0 Å². The number of nitro benzene ring substituents is 1. The van der Waals surface area contributed by atoms with Crippen molar-refractivity contribution in [2.75, 3.05) is 11.9 Å². The van der Waals surface area contributed by atoms with Gasteiger partial charge in [0.1, 0.15) is 17.0 Å². The Bertz CT molecular complexity index is 892. The second-order valence-electron chi connectivity index (χ2n) is 5.43. The van der Waals surface area contributed by atoms with Crippen LogP contribution < -0.4 is 5.32 Å². The lowest BCUT2D eigenvalue weighted by Gasteiger charge is -2.13. The number of hydrogen-bond donors (Lipinski definition) is 2. The molecule has 0 unspecified atom stereocenters. The maximum Gasteiger partial charge on any atom is 0.269 e. The lowest BCUT2D eigenvalue weighted by atomic mass is 10.1. The van der Waals surface area contributed by atoms with E-state index in [4.69, 9.17) is 0 Å². The summed E-state index contributed by atoms with van der Waals surface area (Å²) in [5.74, 6) is 0.683. The van der Waals surface area contributed by atoms with Gasteiger partial charge in [-0.05, 0) is 37.1 Å². The van der Waals surface area contributed by atoms with Gasteiger partial charge in [-0.2, -0.15) is 0 Å². The largest absolute Gasteiger partial charge is 0.387 e. The Morgan fingerprint density at radius 3 is 2.67 bits per heavy atom. The third kappa shape index (κ3) is 3.06. The van der Waals surface area contributed by atoms with Crippen LogP contribution in [0.5, 0.6) is 0 Å². The molecule has 1 aromatic carbocycles. The fourth-order valence-corrected chi connectivity index (χ4v) is 3.44. The predicted molar refractivity (Wildman–Crippen MR) is 93.4 cm³/mol. The zero-order valence-electron chi connectivity index (χ0n) is 13.2. The molecule has 7 nitrogen and oxygen atoms in total. The Hall–Kier alpha value is -2.58. The van der Waals surface area contributed by atoms with Gasteiger partial charge in [-0.15, -0.1) is 11.3 Å². The van der Waals surface area contributed by atoms with E-state index in [9.17, 15) is 15.2 Å². The van der Waals surface area contributed by atoms with Crippen molar-refractivity contribution in [3.63, 3.8) is 0 Å². The van der Waals surface area contributed by atoms with E-state index in [-0.39, 0.29) is 12.2 Å². The van der Waals surface area contributed by atoms with Crippen molar-refractivity contribution in [3.8, 4) is 0 Å². The van der Waals surface area contributed by atoms with E-state index < -0.39 is 11.0 Å². The molecule has 0 radical (unpaired) electrons. The molecular weight excluding hydrogens is 328 g/mol. The number of benzene rings is 1. The van der Waals surface area contributed by atoms with Crippen LogP contribution >= 0.6 is 11.3 Å². The minimum Gasteiger partial charge on any atom is -0.387 e. The first kappa shape index (κ1) is 16.3. The second-order valence-corrected chi connectivity index (χ2v) is 6.63. The highest BCUT2D eigenvalue weighted by Gasteiger charge is 2.14. The number of nitrogens with one attached hydrogen (secondary N) is 1. The normalized spacial score (nSPS) is 12.3. The molecular formula is C16H16N4O3S. The molecule has 2 heterocycles. The molecule has 24 heavy (non-hydrogen) atoms. The number of rotatable bonds is 5. The standard InChI is InChI=1S/C16H16N4O3S/c1-9-10(2)24-16-14(9)15(18-8-19-16)17-7-13(21)11-3-5-12(6-4-11)20(22)23/h3-6,8,13,21H,7H2,1-2H3,(H,17,18,19)/t13-/m0/s1. The molecule has 0 fully saturated rings. The van der Waals surface area contributed by atoms with E-state index in [2.05, 4.69) is 15.3 Å². The number of aryl methyl sites for hydroxylation is 2. The third-order valence-electron chi connectivity index (χ3n) is 3.92. The Morgan fingerprint density at radius 2 is 2.00 bits per heavy atom. The molecule has 0 saturated heterocycles. The van der Waals surface area contributed by atoms with Crippen molar-refractivity contribution in [2.24, 2.45) is 0 Å². The van der Waals surface area contributed by atoms with Crippen molar-refractivity contribution in [1.29, 1.82) is 0 Å². The maximum absolute atomic E-state index is 10.7. The van der Waals surface area contributed by atoms with Crippen LogP contribution in [0.15, 0.2) is 30.6 Å². The summed E-state index contributed by atoms with van der Waals surface area (Å²) >= 11 is 1.61. The monoisotopic (exact) mass is 344 g/mol. The van der Waals surface area contributed by atoms with Gasteiger partial charge in [-0.1, -0.05) is 0 Å². The Morgan fingerprint density at radius 1 is 1.29 bits per heavy atom. The Balaban J connectivity index is 1.77. The van der Waals surface area contributed by atoms with E-state index in [1.165, 1.54) is 23.3 Å². The van der Waals surface area contributed by atoms with Crippen molar-refractivity contribution in [1.82, 2.24) is 9.97 Å². The summed E-state index contributed by atoms with van der Waals surface area (Å²) in [6, 6.07) is 5.88. The molecule has 0 amide bonds. The Labute approximate surface area is 142 Å². The van der Waals surface area contributed by atoms with Gasteiger partial charge in [0, 0.05) is 23.6 Å². The molecule has 8 heteroatoms. The number of aromatic nitrogens is 2. The smallest absolute Gasteiger partial charge is 0.269 e. The Kier molecular flexibility index (Phi) is 4.41. The fourth-order valence-electron chi connectivity index (χ4n) is 2.45. The van der Waals surface area contributed by atoms with Gasteiger partial charge in [-0.3, -0.25) is 10.1 Å². The molecule has 0 aliphatic heterocycles. The first-order valence-corrected chi connectivity index (χ1v) is 8.16. The minimum atomic E-state index is -0.796. The number of nitrogens with zero attached hydrogens (tertiary/aromatic N) is 3. The zero-order chi connectivity index (χ0) is 17.3. The molecule has 2 aromatic heterocycles. The van der Waals surface area contributed by atoms with Crippen LogP contribution in [-0.2, 0) is 0 Å². The van der Waals surface area contributed by atoms with Gasteiger partial charge in [0.25, 0.3) is 5.69 Å². The van der Waals surface area contributed by atoms with E-state index in [0.717, 1.165) is 15.8 Å². The molecule has 3 rings (SSSR count). The van der Waals surface area contributed by atoms with Crippen LogP contribution in [0.25, 0.3) is 10.2 Å². The third-order valence-corrected chi connectivity index (χ3v) is 5.03. The summed E-state index contributed by atoms with van der Waals surface area (Å²) in [5.41, 5.74) is 1.74. The molecule has 3 aromatic rings. The SMILES string of the molecule is Cc1sc2ncnc(NC[C@H](O)c3ccc([N+](=O)[O-])cc3)c2c1C. The molecule has 0 saturated carbocycles. The van der Waals surface area contributed by atoms with Crippen LogP contribution in [-0.4, -0.2) is 26.5 Å². The number of aliphatic hydroxyl groups is 1. The second kappa shape index (κ2) is 6.50. The highest BCUT2D eigenvalue weighted by atomic mass is 32.1. The van der Waals surface area contributed by atoms with Crippen molar-refractivity contribution >= 4 is 33.1 Å². The first-order valence-electron chi connectivity index (χ1n) is 7.34. The van der Waals surface area contributed by atoms with Gasteiger partial charge in [0.05, 0.1) is 16.4 Å². The first-order chi connectivity index (χ1) is 11.5. The molecule has 1 atom stereocenters. The lowest BCUT2D eigenvalue weighted by Crippen LogP contribution is -2.13. The molecule has 2 N–H and O–H groups in total. The van der Waals surface area contributed by atoms with E-state index in [0.29, 0.717) is 11.4 Å². The zero-order valence-corrected chi connectivity index (χ0v) is 14.0. The van der Waals surface area contributed by atoms with Gasteiger partial charge in [-0.25, -0.2) is 9.97 Å². The van der Waals surface area contributed by atoms with Gasteiger partial charge in [0.2, 0.25) is 0 Å². The van der Waals surface area contributed by atoms with Crippen molar-refractivity contribution in [3.05, 3.63) is 56.7 Å². The molecule has 0 spiro atoms. The van der Waals surface area contributed by atoms with Crippen LogP contribution in [0.2, 0.25) is 0 Å². The number of aliphatic hydroxyl groups excluding tert-OH is 1. The van der Waals surface area contributed by atoms with Gasteiger partial charge in [0.15, 0.2) is 0 Å². The number of non-ortho nitro benzene ring substituents is 1. The number of hydrogen-bond acceptors (Lipinski definition) is 7. The average Bonchev–Trinajstić information content (AvgIpc) is 2.88. The molecule has 124 valence electrons. The van der Waals surface area contributed by atoms with Gasteiger partial charge >= 0.3 is 0 Å². The van der Waals surface area contributed by atoms with Crippen LogP contribution in [0, 0.1) is 24.0 Å². The quantitative estimate of drug-likeness (QED) is 0.543. The van der Waals surface area contributed by atoms with Crippen LogP contribution in [0.3, 0.4) is 0 Å². The predicted octanol–water partition coefficient (Wildman–Crippen LogP) is 3.36. The van der Waals surface area contributed by atoms with E-state index >= 15 is 0 Å². The summed E-state index contributed by atoms with van der Waals surface area (Å²) in [6.45, 7) is 4.31. The minimum absolute atomic E-state index is 0.000733. The maximum atomic E-state index is 10.7. The topological polar surface area (TPSA) is 101 Å². The number of nitro groups is 1. The van der Waals surface area contributed by atoms with Crippen molar-refractivity contribution in [2.45, 2.75) is 20.0 Å². The summed E-state index contributed by atoms with van der Waals surface area (Å²) in [4.78, 5) is 20.8. The number of anilines is 1. The highest BCUT2D eigenvalue weighted by molar-refractivity contribution is 7.18.